The van der Waals surface area contributed by atoms with Gasteiger partial charge in [-0.15, -0.1) is 13.2 Å². The van der Waals surface area contributed by atoms with E-state index in [0.29, 0.717) is 11.8 Å². The molecular formula is C41H69N. The van der Waals surface area contributed by atoms with E-state index in [1.165, 1.54) is 89.5 Å². The van der Waals surface area contributed by atoms with Crippen LogP contribution in [0.5, 0.6) is 0 Å². The molecule has 1 aliphatic rings. The summed E-state index contributed by atoms with van der Waals surface area (Å²) in [6.45, 7) is 42.4. The summed E-state index contributed by atoms with van der Waals surface area (Å²) in [7, 11) is 0. The molecular weight excluding hydrogens is 506 g/mol. The van der Waals surface area contributed by atoms with E-state index in [9.17, 15) is 0 Å². The average Bonchev–Trinajstić information content (AvgIpc) is 2.92. The monoisotopic (exact) mass is 576 g/mol. The molecule has 0 amide bonds. The smallest absolute Gasteiger partial charge is 0.0340 e. The molecule has 1 saturated carbocycles. The fourth-order valence-electron chi connectivity index (χ4n) is 5.62. The van der Waals surface area contributed by atoms with Crippen LogP contribution in [0.1, 0.15) is 134 Å². The Kier molecular flexibility index (Phi) is 22.1. The molecule has 1 heteroatoms. The van der Waals surface area contributed by atoms with Gasteiger partial charge >= 0.3 is 0 Å². The second-order valence-corrected chi connectivity index (χ2v) is 12.3. The second kappa shape index (κ2) is 22.2. The highest BCUT2D eigenvalue weighted by Crippen LogP contribution is 2.41. The zero-order valence-electron chi connectivity index (χ0n) is 29.9. The van der Waals surface area contributed by atoms with E-state index in [1.54, 1.807) is 0 Å². The Labute approximate surface area is 263 Å². The van der Waals surface area contributed by atoms with Crippen LogP contribution >= 0.6 is 0 Å². The first-order valence-corrected chi connectivity index (χ1v) is 16.4. The molecule has 0 aromatic carbocycles. The normalized spacial score (nSPS) is 16.1. The standard InChI is InChI=1S/C21H34.C18H31N.C2H4/c1-7-12-18(13-8-2)17(6)21(16(5)9-3)20(10-4)19-14-11-15-19;1-9-11-18(8,19)15(7)12-17(14(5)6)16(10-2)13(3)4;1-2/h9-10,18-19H,4,6-8,11-15H2,1-3,5H3;10,12H,3,9,11,19H2,1-2,4-8H3;1-2H2/b16-9-,21-20-;15-12+,16-10-;. The third-order valence-electron chi connectivity index (χ3n) is 8.58. The highest BCUT2D eigenvalue weighted by Gasteiger charge is 2.26. The van der Waals surface area contributed by atoms with Crippen molar-refractivity contribution >= 4 is 0 Å². The molecule has 238 valence electrons. The SMILES string of the molecule is C=C.C=C(C)/C(=C/C)C(/C=C(\C)C(C)(N)CCC)=C(C)C.C=C/C(=C(C(=C)C(CCC)CCC)\C(C)=C/C)C1CCC1. The zero-order chi connectivity index (χ0) is 33.0. The van der Waals surface area contributed by atoms with E-state index in [-0.39, 0.29) is 5.54 Å². The summed E-state index contributed by atoms with van der Waals surface area (Å²) in [5, 5.41) is 0. The molecule has 2 N–H and O–H groups in total. The van der Waals surface area contributed by atoms with Crippen molar-refractivity contribution in [2.45, 2.75) is 139 Å². The predicted molar refractivity (Wildman–Crippen MR) is 196 cm³/mol. The number of allylic oxidation sites excluding steroid dienone is 12. The molecule has 1 atom stereocenters. The van der Waals surface area contributed by atoms with Crippen molar-refractivity contribution in [1.29, 1.82) is 0 Å². The van der Waals surface area contributed by atoms with Gasteiger partial charge in [0.15, 0.2) is 0 Å². The lowest BCUT2D eigenvalue weighted by atomic mass is 9.73. The predicted octanol–water partition coefficient (Wildman–Crippen LogP) is 13.1. The minimum absolute atomic E-state index is 0.233. The Morgan fingerprint density at radius 2 is 1.43 bits per heavy atom. The molecule has 0 bridgehead atoms. The average molecular weight is 576 g/mol. The fourth-order valence-corrected chi connectivity index (χ4v) is 5.62. The van der Waals surface area contributed by atoms with Gasteiger partial charge in [0.2, 0.25) is 0 Å². The van der Waals surface area contributed by atoms with Gasteiger partial charge in [-0.05, 0) is 133 Å². The summed E-state index contributed by atoms with van der Waals surface area (Å²) in [5.41, 5.74) is 17.9. The first-order valence-electron chi connectivity index (χ1n) is 16.4. The maximum absolute atomic E-state index is 6.40. The van der Waals surface area contributed by atoms with Crippen LogP contribution in [0.3, 0.4) is 0 Å². The molecule has 0 spiro atoms. The van der Waals surface area contributed by atoms with E-state index in [4.69, 9.17) is 5.73 Å². The lowest BCUT2D eigenvalue weighted by Crippen LogP contribution is -2.37. The Bertz CT molecular complexity index is 1000. The van der Waals surface area contributed by atoms with Crippen molar-refractivity contribution in [2.75, 3.05) is 0 Å². The summed E-state index contributed by atoms with van der Waals surface area (Å²) in [4.78, 5) is 0. The Balaban J connectivity index is 0. The number of hydrogen-bond donors (Lipinski definition) is 1. The molecule has 1 aliphatic carbocycles. The summed E-state index contributed by atoms with van der Waals surface area (Å²) < 4.78 is 0. The molecule has 1 unspecified atom stereocenters. The Hall–Kier alpha value is -2.38. The maximum Gasteiger partial charge on any atom is 0.0340 e. The molecule has 0 radical (unpaired) electrons. The number of rotatable bonds is 15. The summed E-state index contributed by atoms with van der Waals surface area (Å²) >= 11 is 0. The van der Waals surface area contributed by atoms with Crippen LogP contribution in [-0.2, 0) is 0 Å². The summed E-state index contributed by atoms with van der Waals surface area (Å²) in [5.74, 6) is 1.34. The Morgan fingerprint density at radius 3 is 1.74 bits per heavy atom. The van der Waals surface area contributed by atoms with Crippen LogP contribution < -0.4 is 5.73 Å². The summed E-state index contributed by atoms with van der Waals surface area (Å²) in [6.07, 6.45) is 19.8. The lowest BCUT2D eigenvalue weighted by molar-refractivity contribution is 0.372. The largest absolute Gasteiger partial charge is 0.322 e. The van der Waals surface area contributed by atoms with Gasteiger partial charge in [0.25, 0.3) is 0 Å². The van der Waals surface area contributed by atoms with Gasteiger partial charge in [0.05, 0.1) is 0 Å². The van der Waals surface area contributed by atoms with Gasteiger partial charge in [-0.2, -0.15) is 0 Å². The van der Waals surface area contributed by atoms with E-state index in [1.807, 2.05) is 0 Å². The highest BCUT2D eigenvalue weighted by molar-refractivity contribution is 5.54. The lowest BCUT2D eigenvalue weighted by Gasteiger charge is -2.32. The Morgan fingerprint density at radius 1 is 0.905 bits per heavy atom. The molecule has 1 rings (SSSR count). The van der Waals surface area contributed by atoms with Gasteiger partial charge < -0.3 is 5.73 Å². The van der Waals surface area contributed by atoms with Crippen LogP contribution in [0.25, 0.3) is 0 Å². The maximum atomic E-state index is 6.40. The van der Waals surface area contributed by atoms with Crippen LogP contribution in [0, 0.1) is 11.8 Å². The number of hydrogen-bond acceptors (Lipinski definition) is 1. The quantitative estimate of drug-likeness (QED) is 0.152. The second-order valence-electron chi connectivity index (χ2n) is 12.3. The van der Waals surface area contributed by atoms with E-state index in [2.05, 4.69) is 133 Å². The van der Waals surface area contributed by atoms with Gasteiger partial charge in [-0.25, -0.2) is 0 Å². The molecule has 0 saturated heterocycles. The van der Waals surface area contributed by atoms with Crippen molar-refractivity contribution in [1.82, 2.24) is 0 Å². The van der Waals surface area contributed by atoms with E-state index >= 15 is 0 Å². The van der Waals surface area contributed by atoms with Crippen molar-refractivity contribution in [3.8, 4) is 0 Å². The first kappa shape index (κ1) is 41.8. The zero-order valence-corrected chi connectivity index (χ0v) is 29.9. The van der Waals surface area contributed by atoms with Gasteiger partial charge in [0.1, 0.15) is 0 Å². The van der Waals surface area contributed by atoms with Crippen LogP contribution in [-0.4, -0.2) is 5.54 Å². The third-order valence-corrected chi connectivity index (χ3v) is 8.58. The summed E-state index contributed by atoms with van der Waals surface area (Å²) in [6, 6.07) is 0. The molecule has 0 aromatic heterocycles. The van der Waals surface area contributed by atoms with Crippen LogP contribution in [0.15, 0.2) is 107 Å². The van der Waals surface area contributed by atoms with Crippen LogP contribution in [0.2, 0.25) is 0 Å². The molecule has 1 fully saturated rings. The highest BCUT2D eigenvalue weighted by atomic mass is 14.7. The van der Waals surface area contributed by atoms with E-state index < -0.39 is 0 Å². The van der Waals surface area contributed by atoms with Gasteiger partial charge in [-0.3, -0.25) is 0 Å². The van der Waals surface area contributed by atoms with Crippen molar-refractivity contribution in [3.63, 3.8) is 0 Å². The van der Waals surface area contributed by atoms with E-state index in [0.717, 1.165) is 18.4 Å². The van der Waals surface area contributed by atoms with Crippen molar-refractivity contribution in [3.05, 3.63) is 107 Å². The van der Waals surface area contributed by atoms with Crippen molar-refractivity contribution < 1.29 is 0 Å². The van der Waals surface area contributed by atoms with Crippen molar-refractivity contribution in [2.24, 2.45) is 17.6 Å². The fraction of sp³-hybridized carbons (Fsp3) is 0.561. The molecule has 0 aromatic rings. The number of nitrogens with two attached hydrogens (primary N) is 1. The first-order chi connectivity index (χ1) is 19.8. The minimum Gasteiger partial charge on any atom is -0.322 e. The van der Waals surface area contributed by atoms with Gasteiger partial charge in [-0.1, -0.05) is 107 Å². The van der Waals surface area contributed by atoms with Crippen LogP contribution in [0.4, 0.5) is 0 Å². The van der Waals surface area contributed by atoms with Gasteiger partial charge in [0, 0.05) is 5.54 Å². The topological polar surface area (TPSA) is 26.0 Å². The molecule has 1 nitrogen and oxygen atoms in total. The molecule has 0 aliphatic heterocycles. The molecule has 0 heterocycles. The molecule has 42 heavy (non-hydrogen) atoms. The third kappa shape index (κ3) is 13.3. The minimum atomic E-state index is -0.233.